The molecule has 0 saturated heterocycles. The number of aliphatic imine (C=N–C) groups is 1. The van der Waals surface area contributed by atoms with Crippen LogP contribution in [0.25, 0.3) is 0 Å². The average molecular weight is 399 g/mol. The van der Waals surface area contributed by atoms with E-state index in [0.29, 0.717) is 5.84 Å². The molecule has 4 aromatic rings. The maximum Gasteiger partial charge on any atom is 0.211 e. The van der Waals surface area contributed by atoms with Crippen LogP contribution in [0.2, 0.25) is 0 Å². The first-order valence-corrected chi connectivity index (χ1v) is 10.3. The first-order valence-electron chi connectivity index (χ1n) is 9.51. The summed E-state index contributed by atoms with van der Waals surface area (Å²) >= 11 is 1.40. The second kappa shape index (κ2) is 8.80. The molecule has 29 heavy (non-hydrogen) atoms. The van der Waals surface area contributed by atoms with Crippen LogP contribution >= 0.6 is 11.5 Å². The summed E-state index contributed by atoms with van der Waals surface area (Å²) in [5.41, 5.74) is 4.33. The van der Waals surface area contributed by atoms with E-state index in [9.17, 15) is 0 Å². The van der Waals surface area contributed by atoms with Gasteiger partial charge in [-0.2, -0.15) is 9.37 Å². The van der Waals surface area contributed by atoms with E-state index < -0.39 is 0 Å². The van der Waals surface area contributed by atoms with Gasteiger partial charge in [-0.25, -0.2) is 4.99 Å². The van der Waals surface area contributed by atoms with Gasteiger partial charge in [0.15, 0.2) is 5.84 Å². The maximum atomic E-state index is 4.93. The van der Waals surface area contributed by atoms with Crippen molar-refractivity contribution in [2.75, 3.05) is 0 Å². The van der Waals surface area contributed by atoms with Crippen LogP contribution in [0.15, 0.2) is 94.9 Å². The Morgan fingerprint density at radius 2 is 1.52 bits per heavy atom. The normalized spacial score (nSPS) is 12.3. The highest BCUT2D eigenvalue weighted by Crippen LogP contribution is 2.14. The molecule has 0 amide bonds. The van der Waals surface area contributed by atoms with Crippen LogP contribution in [-0.2, 0) is 6.54 Å². The van der Waals surface area contributed by atoms with Gasteiger partial charge in [0.05, 0.1) is 12.2 Å². The van der Waals surface area contributed by atoms with Crippen LogP contribution in [0, 0.1) is 13.8 Å². The monoisotopic (exact) mass is 398 g/mol. The van der Waals surface area contributed by atoms with Crippen LogP contribution < -0.4 is 4.80 Å². The number of aryl methyl sites for hydroxylation is 2. The van der Waals surface area contributed by atoms with Crippen LogP contribution in [0.3, 0.4) is 0 Å². The molecule has 0 fully saturated rings. The van der Waals surface area contributed by atoms with Crippen molar-refractivity contribution >= 4 is 23.1 Å². The van der Waals surface area contributed by atoms with Crippen LogP contribution in [0.4, 0.5) is 5.69 Å². The molecule has 144 valence electrons. The van der Waals surface area contributed by atoms with Crippen molar-refractivity contribution in [3.63, 3.8) is 0 Å². The van der Waals surface area contributed by atoms with Gasteiger partial charge >= 0.3 is 0 Å². The molecule has 0 saturated carbocycles. The third-order valence-corrected chi connectivity index (χ3v) is 5.40. The fourth-order valence-electron chi connectivity index (χ4n) is 2.94. The van der Waals surface area contributed by atoms with Crippen molar-refractivity contribution in [3.8, 4) is 0 Å². The predicted octanol–water partition coefficient (Wildman–Crippen LogP) is 5.29. The summed E-state index contributed by atoms with van der Waals surface area (Å²) in [6.07, 6.45) is 0. The van der Waals surface area contributed by atoms with Gasteiger partial charge in [-0.3, -0.25) is 4.57 Å². The first-order chi connectivity index (χ1) is 14.2. The topological polar surface area (TPSA) is 42.5 Å². The summed E-state index contributed by atoms with van der Waals surface area (Å²) < 4.78 is 6.68. The van der Waals surface area contributed by atoms with Crippen molar-refractivity contribution in [2.24, 2.45) is 9.98 Å². The number of amidine groups is 1. The highest BCUT2D eigenvalue weighted by Gasteiger charge is 2.08. The molecule has 0 N–H and O–H groups in total. The van der Waals surface area contributed by atoms with E-state index in [2.05, 4.69) is 40.1 Å². The molecule has 0 spiro atoms. The molecule has 5 heteroatoms. The van der Waals surface area contributed by atoms with Gasteiger partial charge in [-0.15, -0.1) is 0 Å². The van der Waals surface area contributed by atoms with E-state index >= 15 is 0 Å². The summed E-state index contributed by atoms with van der Waals surface area (Å²) in [7, 11) is 0. The fourth-order valence-corrected chi connectivity index (χ4v) is 3.67. The number of nitrogens with zero attached hydrogens (tertiary/aromatic N) is 4. The second-order valence-electron chi connectivity index (χ2n) is 6.83. The van der Waals surface area contributed by atoms with Crippen molar-refractivity contribution in [1.29, 1.82) is 0 Å². The molecule has 3 aromatic carbocycles. The minimum atomic E-state index is 0.679. The number of para-hydroxylation sites is 1. The van der Waals surface area contributed by atoms with Gasteiger partial charge in [0.2, 0.25) is 4.80 Å². The number of benzene rings is 3. The maximum absolute atomic E-state index is 4.93. The van der Waals surface area contributed by atoms with Gasteiger partial charge in [0.1, 0.15) is 5.82 Å². The molecule has 1 aromatic heterocycles. The predicted molar refractivity (Wildman–Crippen MR) is 120 cm³/mol. The first kappa shape index (κ1) is 19.0. The number of aromatic nitrogens is 2. The van der Waals surface area contributed by atoms with Gasteiger partial charge < -0.3 is 0 Å². The molecule has 0 bridgehead atoms. The third kappa shape index (κ3) is 4.76. The van der Waals surface area contributed by atoms with E-state index in [0.717, 1.165) is 28.4 Å². The largest absolute Gasteiger partial charge is 0.299 e. The quantitative estimate of drug-likeness (QED) is 0.340. The molecule has 0 unspecified atom stereocenters. The lowest BCUT2D eigenvalue weighted by Crippen LogP contribution is -2.19. The Hall–Kier alpha value is -3.31. The minimum absolute atomic E-state index is 0.679. The Bertz CT molecular complexity index is 1170. The Morgan fingerprint density at radius 3 is 2.21 bits per heavy atom. The molecule has 0 radical (unpaired) electrons. The van der Waals surface area contributed by atoms with Crippen LogP contribution in [0.5, 0.6) is 0 Å². The van der Waals surface area contributed by atoms with Crippen LogP contribution in [0.1, 0.15) is 22.5 Å². The summed E-state index contributed by atoms with van der Waals surface area (Å²) in [6, 6.07) is 28.6. The number of rotatable bonds is 4. The zero-order valence-electron chi connectivity index (χ0n) is 16.5. The summed E-state index contributed by atoms with van der Waals surface area (Å²) in [4.78, 5) is 10.6. The Morgan fingerprint density at radius 1 is 0.862 bits per heavy atom. The Labute approximate surface area is 174 Å². The van der Waals surface area contributed by atoms with Crippen molar-refractivity contribution in [1.82, 2.24) is 8.94 Å². The summed E-state index contributed by atoms with van der Waals surface area (Å²) in [5.74, 6) is 1.62. The zero-order valence-corrected chi connectivity index (χ0v) is 17.3. The van der Waals surface area contributed by atoms with Crippen molar-refractivity contribution in [3.05, 3.63) is 112 Å². The van der Waals surface area contributed by atoms with Crippen LogP contribution in [-0.4, -0.2) is 14.8 Å². The highest BCUT2D eigenvalue weighted by molar-refractivity contribution is 7.02. The van der Waals surface area contributed by atoms with Crippen molar-refractivity contribution in [2.45, 2.75) is 20.4 Å². The summed E-state index contributed by atoms with van der Waals surface area (Å²) in [5, 5.41) is 0. The van der Waals surface area contributed by atoms with Gasteiger partial charge in [0.25, 0.3) is 0 Å². The van der Waals surface area contributed by atoms with Gasteiger partial charge in [-0.1, -0.05) is 78.4 Å². The number of hydrogen-bond acceptors (Lipinski definition) is 3. The average Bonchev–Trinajstić information content (AvgIpc) is 3.10. The van der Waals surface area contributed by atoms with E-state index in [-0.39, 0.29) is 0 Å². The molecule has 4 nitrogen and oxygen atoms in total. The highest BCUT2D eigenvalue weighted by atomic mass is 32.1. The van der Waals surface area contributed by atoms with E-state index in [1.165, 1.54) is 22.7 Å². The zero-order chi connectivity index (χ0) is 20.1. The molecule has 1 heterocycles. The molecular weight excluding hydrogens is 376 g/mol. The minimum Gasteiger partial charge on any atom is -0.299 e. The molecule has 0 aliphatic carbocycles. The lowest BCUT2D eigenvalue weighted by Gasteiger charge is -2.06. The Balaban J connectivity index is 1.79. The van der Waals surface area contributed by atoms with Gasteiger partial charge in [-0.05, 0) is 31.5 Å². The smallest absolute Gasteiger partial charge is 0.211 e. The lowest BCUT2D eigenvalue weighted by atomic mass is 10.1. The van der Waals surface area contributed by atoms with E-state index in [1.54, 1.807) is 0 Å². The fraction of sp³-hybridized carbons (Fsp3) is 0.125. The molecule has 0 aliphatic rings. The van der Waals surface area contributed by atoms with Crippen molar-refractivity contribution < 1.29 is 0 Å². The summed E-state index contributed by atoms with van der Waals surface area (Å²) in [6.45, 7) is 4.84. The Kier molecular flexibility index (Phi) is 5.77. The molecular formula is C24H22N4S. The lowest BCUT2D eigenvalue weighted by molar-refractivity contribution is 0.729. The number of hydrogen-bond donors (Lipinski definition) is 0. The SMILES string of the molecule is Cc1ccc(Cn2c(C)nsc2=NC(=Nc2ccccc2)c2ccccc2)cc1. The third-order valence-electron chi connectivity index (χ3n) is 4.57. The van der Waals surface area contributed by atoms with E-state index in [4.69, 9.17) is 9.98 Å². The standard InChI is InChI=1S/C24H22N4S/c1-18-13-15-20(16-14-18)17-28-19(2)27-29-24(28)26-23(21-9-5-3-6-10-21)25-22-11-7-4-8-12-22/h3-16H,17H2,1-2H3. The molecule has 0 aliphatic heterocycles. The van der Waals surface area contributed by atoms with Gasteiger partial charge in [0, 0.05) is 17.1 Å². The molecule has 0 atom stereocenters. The van der Waals surface area contributed by atoms with E-state index in [1.807, 2.05) is 67.6 Å². The second-order valence-corrected chi connectivity index (χ2v) is 7.56. The molecule has 4 rings (SSSR count).